The fraction of sp³-hybridized carbons (Fsp3) is 0.286. The molecule has 0 radical (unpaired) electrons. The molecule has 10 heteroatoms. The van der Waals surface area contributed by atoms with Gasteiger partial charge in [-0.25, -0.2) is 9.59 Å². The summed E-state index contributed by atoms with van der Waals surface area (Å²) >= 11 is 0. The fourth-order valence-electron chi connectivity index (χ4n) is 4.22. The molecule has 4 rings (SSSR count). The Labute approximate surface area is 219 Å². The van der Waals surface area contributed by atoms with Crippen LogP contribution in [0.5, 0.6) is 11.5 Å². The number of ether oxygens (including phenoxy) is 4. The van der Waals surface area contributed by atoms with E-state index < -0.39 is 24.4 Å². The average Bonchev–Trinajstić information content (AvgIpc) is 3.52. The Morgan fingerprint density at radius 2 is 1.18 bits per heavy atom. The Morgan fingerprint density at radius 1 is 0.763 bits per heavy atom. The first kappa shape index (κ1) is 26.8. The first-order valence-electron chi connectivity index (χ1n) is 12.2. The maximum atomic E-state index is 12.1. The van der Waals surface area contributed by atoms with Crippen LogP contribution in [0.2, 0.25) is 0 Å². The summed E-state index contributed by atoms with van der Waals surface area (Å²) in [6, 6.07) is 11.5. The van der Waals surface area contributed by atoms with Gasteiger partial charge in [-0.2, -0.15) is 0 Å². The van der Waals surface area contributed by atoms with Crippen molar-refractivity contribution in [3.05, 3.63) is 72.1 Å². The van der Waals surface area contributed by atoms with Crippen molar-refractivity contribution in [3.63, 3.8) is 0 Å². The highest BCUT2D eigenvalue weighted by Gasteiger charge is 2.13. The Hall–Kier alpha value is -4.28. The molecule has 2 heterocycles. The number of rotatable bonds is 12. The maximum Gasteiger partial charge on any atom is 0.332 e. The van der Waals surface area contributed by atoms with E-state index in [1.807, 2.05) is 48.8 Å². The summed E-state index contributed by atoms with van der Waals surface area (Å²) in [5, 5.41) is 2.10. The lowest BCUT2D eigenvalue weighted by Gasteiger charge is -2.12. The molecule has 0 fully saturated rings. The number of H-pyrrole nitrogens is 2. The van der Waals surface area contributed by atoms with Gasteiger partial charge in [0.05, 0.1) is 14.2 Å². The second-order valence-electron chi connectivity index (χ2n) is 8.81. The van der Waals surface area contributed by atoms with Gasteiger partial charge in [-0.1, -0.05) is 0 Å². The molecule has 10 nitrogen and oxygen atoms in total. The second kappa shape index (κ2) is 12.3. The Kier molecular flexibility index (Phi) is 8.67. The number of fused-ring (bicyclic) bond motifs is 2. The highest BCUT2D eigenvalue weighted by molar-refractivity contribution is 5.91. The molecule has 2 atom stereocenters. The Morgan fingerprint density at radius 3 is 1.58 bits per heavy atom. The molecule has 4 aromatic rings. The molecule has 2 aromatic heterocycles. The van der Waals surface area contributed by atoms with Gasteiger partial charge in [0.25, 0.3) is 0 Å². The number of benzene rings is 2. The molecule has 0 saturated heterocycles. The third kappa shape index (κ3) is 6.72. The van der Waals surface area contributed by atoms with E-state index in [9.17, 15) is 9.59 Å². The van der Waals surface area contributed by atoms with Crippen LogP contribution in [-0.4, -0.2) is 48.6 Å². The maximum absolute atomic E-state index is 12.1. The molecule has 0 saturated carbocycles. The molecule has 0 bridgehead atoms. The van der Waals surface area contributed by atoms with Gasteiger partial charge in [-0.05, 0) is 48.2 Å². The van der Waals surface area contributed by atoms with Crippen molar-refractivity contribution in [2.45, 2.75) is 38.1 Å². The first-order chi connectivity index (χ1) is 18.4. The van der Waals surface area contributed by atoms with Crippen molar-refractivity contribution in [1.82, 2.24) is 9.97 Å². The monoisotopic (exact) mass is 520 g/mol. The minimum absolute atomic E-state index is 0.411. The van der Waals surface area contributed by atoms with E-state index in [2.05, 4.69) is 9.97 Å². The Bertz CT molecular complexity index is 1330. The second-order valence-corrected chi connectivity index (χ2v) is 8.81. The normalized spacial score (nSPS) is 13.1. The van der Waals surface area contributed by atoms with Crippen molar-refractivity contribution in [1.29, 1.82) is 0 Å². The van der Waals surface area contributed by atoms with E-state index >= 15 is 0 Å². The fourth-order valence-corrected chi connectivity index (χ4v) is 4.22. The van der Waals surface area contributed by atoms with Gasteiger partial charge in [-0.3, -0.25) is 11.5 Å². The topological polar surface area (TPSA) is 155 Å². The molecule has 0 aliphatic heterocycles. The molecular weight excluding hydrogens is 488 g/mol. The van der Waals surface area contributed by atoms with Gasteiger partial charge in [0.1, 0.15) is 11.5 Å². The third-order valence-electron chi connectivity index (χ3n) is 6.24. The minimum Gasteiger partial charge on any atom is -0.497 e. The number of hydrogen-bond donors (Lipinski definition) is 4. The summed E-state index contributed by atoms with van der Waals surface area (Å²) < 4.78 is 20.8. The van der Waals surface area contributed by atoms with Crippen LogP contribution in [-0.2, 0) is 31.9 Å². The van der Waals surface area contributed by atoms with E-state index in [1.54, 1.807) is 14.2 Å². The van der Waals surface area contributed by atoms with Crippen LogP contribution in [0.1, 0.15) is 24.0 Å². The lowest BCUT2D eigenvalue weighted by Crippen LogP contribution is -2.28. The minimum atomic E-state index is -0.829. The molecule has 0 aliphatic carbocycles. The predicted octanol–water partition coefficient (Wildman–Crippen LogP) is 3.44. The zero-order valence-corrected chi connectivity index (χ0v) is 21.4. The summed E-state index contributed by atoms with van der Waals surface area (Å²) in [5.41, 5.74) is 15.9. The van der Waals surface area contributed by atoms with Crippen molar-refractivity contribution < 1.29 is 28.5 Å². The zero-order valence-electron chi connectivity index (χ0n) is 21.4. The quantitative estimate of drug-likeness (QED) is 0.126. The summed E-state index contributed by atoms with van der Waals surface area (Å²) in [6.45, 7) is 0. The lowest BCUT2D eigenvalue weighted by atomic mass is 10.1. The highest BCUT2D eigenvalue weighted by atomic mass is 16.6. The van der Waals surface area contributed by atoms with Gasteiger partial charge >= 0.3 is 11.9 Å². The van der Waals surface area contributed by atoms with Crippen LogP contribution in [0, 0.1) is 0 Å². The predicted molar refractivity (Wildman–Crippen MR) is 144 cm³/mol. The van der Waals surface area contributed by atoms with E-state index in [-0.39, 0.29) is 0 Å². The number of aromatic nitrogens is 2. The van der Waals surface area contributed by atoms with Gasteiger partial charge < -0.3 is 28.9 Å². The van der Waals surface area contributed by atoms with Crippen molar-refractivity contribution >= 4 is 33.7 Å². The van der Waals surface area contributed by atoms with Crippen molar-refractivity contribution in [2.24, 2.45) is 11.5 Å². The molecule has 0 amide bonds. The number of hydrogen-bond acceptors (Lipinski definition) is 8. The van der Waals surface area contributed by atoms with Crippen molar-refractivity contribution in [3.8, 4) is 11.5 Å². The smallest absolute Gasteiger partial charge is 0.332 e. The van der Waals surface area contributed by atoms with Gasteiger partial charge in [0, 0.05) is 71.3 Å². The molecule has 0 spiro atoms. The summed E-state index contributed by atoms with van der Waals surface area (Å²) in [7, 11) is 3.23. The molecule has 2 aromatic carbocycles. The molecular formula is C28H32N4O6. The number of nitrogens with one attached hydrogen (secondary N) is 2. The molecule has 0 unspecified atom stereocenters. The number of esters is 2. The average molecular weight is 521 g/mol. The molecule has 6 N–H and O–H groups in total. The summed E-state index contributed by atoms with van der Waals surface area (Å²) in [5.74, 6) is 0.0544. The molecule has 38 heavy (non-hydrogen) atoms. The lowest BCUT2D eigenvalue weighted by molar-refractivity contribution is -0.145. The van der Waals surface area contributed by atoms with Crippen LogP contribution < -0.4 is 20.9 Å². The third-order valence-corrected chi connectivity index (χ3v) is 6.24. The van der Waals surface area contributed by atoms with E-state index in [0.717, 1.165) is 56.6 Å². The number of nitrogens with two attached hydrogens (primary N) is 2. The van der Waals surface area contributed by atoms with E-state index in [4.69, 9.17) is 30.4 Å². The van der Waals surface area contributed by atoms with Gasteiger partial charge in [0.15, 0.2) is 12.5 Å². The summed E-state index contributed by atoms with van der Waals surface area (Å²) in [4.78, 5) is 30.6. The van der Waals surface area contributed by atoms with Gasteiger partial charge in [0.2, 0.25) is 0 Å². The highest BCUT2D eigenvalue weighted by Crippen LogP contribution is 2.25. The van der Waals surface area contributed by atoms with Crippen LogP contribution in [0.15, 0.2) is 60.9 Å². The van der Waals surface area contributed by atoms with Crippen LogP contribution in [0.4, 0.5) is 0 Å². The standard InChI is InChI=1S/C28H32N4O6/c1-35-19-5-7-21-17(15-31-23(21)13-19)3-9-25(29)37-27(33)11-12-28(34)38-26(30)10-4-18-16-32-24-14-20(36-2)6-8-22(18)24/h5-8,11-16,25-26,31-32H,3-4,9-10,29-30H2,1-2H3/b12-11+/t25-,26-/m1/s1. The summed E-state index contributed by atoms with van der Waals surface area (Å²) in [6.07, 6.45) is 6.13. The van der Waals surface area contributed by atoms with Crippen LogP contribution in [0.25, 0.3) is 21.8 Å². The van der Waals surface area contributed by atoms with Gasteiger partial charge in [-0.15, -0.1) is 0 Å². The first-order valence-corrected chi connectivity index (χ1v) is 12.2. The van der Waals surface area contributed by atoms with E-state index in [0.29, 0.717) is 25.7 Å². The number of carbonyl (C=O) groups excluding carboxylic acids is 2. The zero-order chi connectivity index (χ0) is 27.1. The van der Waals surface area contributed by atoms with E-state index in [1.165, 1.54) is 0 Å². The SMILES string of the molecule is COc1ccc2c(CC[C@H](N)OC(=O)/C=C/C(=O)O[C@@H](N)CCc3c[nH]c4cc(OC)ccc34)c[nH]c2c1. The van der Waals surface area contributed by atoms with Crippen molar-refractivity contribution in [2.75, 3.05) is 14.2 Å². The number of methoxy groups -OCH3 is 2. The molecule has 200 valence electrons. The number of carbonyl (C=O) groups is 2. The van der Waals surface area contributed by atoms with Crippen LogP contribution >= 0.6 is 0 Å². The number of aryl methyl sites for hydroxylation is 2. The largest absolute Gasteiger partial charge is 0.497 e. The van der Waals surface area contributed by atoms with Crippen LogP contribution in [0.3, 0.4) is 0 Å². The number of aromatic amines is 2. The Balaban J connectivity index is 1.19. The molecule has 0 aliphatic rings.